The number of hydrogen-bond acceptors (Lipinski definition) is 5. The predicted octanol–water partition coefficient (Wildman–Crippen LogP) is 1.16. The Kier molecular flexibility index (Phi) is 7.38. The Balaban J connectivity index is 2.56. The van der Waals surface area contributed by atoms with Crippen molar-refractivity contribution in [2.75, 3.05) is 13.2 Å². The van der Waals surface area contributed by atoms with Crippen LogP contribution in [0.4, 0.5) is 0 Å². The number of carbonyl (C=O) groups excluding carboxylic acids is 1. The van der Waals surface area contributed by atoms with Crippen LogP contribution in [0.3, 0.4) is 0 Å². The molecule has 1 aromatic carbocycles. The van der Waals surface area contributed by atoms with Crippen molar-refractivity contribution in [2.45, 2.75) is 38.7 Å². The number of rotatable bonds is 8. The molecular formula is C15H25N2O5P. The molecule has 4 N–H and O–H groups in total. The van der Waals surface area contributed by atoms with Crippen molar-refractivity contribution in [3.63, 3.8) is 0 Å². The maximum absolute atomic E-state index is 12.1. The molecule has 0 bridgehead atoms. The lowest BCUT2D eigenvalue weighted by molar-refractivity contribution is -0.176. The highest BCUT2D eigenvalue weighted by molar-refractivity contribution is 7.57. The fourth-order valence-electron chi connectivity index (χ4n) is 1.96. The summed E-state index contributed by atoms with van der Waals surface area (Å²) in [5.74, 6) is -1.95. The molecule has 130 valence electrons. The number of nitrogens with one attached hydrogen (secondary N) is 1. The predicted molar refractivity (Wildman–Crippen MR) is 87.4 cm³/mol. The largest absolute Gasteiger partial charge is 0.382 e. The number of benzene rings is 1. The van der Waals surface area contributed by atoms with Crippen LogP contribution in [-0.2, 0) is 22.2 Å². The Hall–Kier alpha value is -1.24. The van der Waals surface area contributed by atoms with Crippen LogP contribution in [0.15, 0.2) is 24.3 Å². The van der Waals surface area contributed by atoms with Crippen molar-refractivity contribution >= 4 is 13.3 Å². The van der Waals surface area contributed by atoms with Crippen molar-refractivity contribution in [3.05, 3.63) is 35.4 Å². The molecule has 0 fully saturated rings. The van der Waals surface area contributed by atoms with Crippen LogP contribution in [0.25, 0.3) is 0 Å². The van der Waals surface area contributed by atoms with Crippen molar-refractivity contribution in [1.29, 1.82) is 0 Å². The summed E-state index contributed by atoms with van der Waals surface area (Å²) in [5, 5.41) is 22.6. The van der Waals surface area contributed by atoms with E-state index in [4.69, 9.17) is 0 Å². The Bertz CT molecular complexity index is 575. The molecule has 1 aromatic rings. The first kappa shape index (κ1) is 19.8. The molecule has 1 rings (SSSR count). The molecule has 0 spiro atoms. The van der Waals surface area contributed by atoms with Gasteiger partial charge in [0.25, 0.3) is 5.91 Å². The molecule has 0 aromatic heterocycles. The van der Waals surface area contributed by atoms with Gasteiger partial charge in [-0.1, -0.05) is 31.2 Å². The minimum atomic E-state index is -3.62. The SMILES string of the molecule is CCc1cccc(CC(=O)N(O)C(C)NCC(O)P(C)(=O)O)c1. The fourth-order valence-corrected chi connectivity index (χ4v) is 2.41. The zero-order chi connectivity index (χ0) is 17.6. The van der Waals surface area contributed by atoms with Crippen LogP contribution in [0.1, 0.15) is 25.0 Å². The quantitative estimate of drug-likeness (QED) is 0.244. The average Bonchev–Trinajstić information content (AvgIpc) is 2.50. The number of aryl methyl sites for hydroxylation is 1. The number of aliphatic hydroxyl groups is 1. The lowest BCUT2D eigenvalue weighted by Gasteiger charge is -2.25. The van der Waals surface area contributed by atoms with Gasteiger partial charge in [-0.25, -0.2) is 5.06 Å². The monoisotopic (exact) mass is 344 g/mol. The normalized spacial score (nSPS) is 16.4. The summed E-state index contributed by atoms with van der Waals surface area (Å²) >= 11 is 0. The summed E-state index contributed by atoms with van der Waals surface area (Å²) in [4.78, 5) is 21.3. The van der Waals surface area contributed by atoms with E-state index in [1.807, 2.05) is 31.2 Å². The number of hydrogen-bond donors (Lipinski definition) is 4. The van der Waals surface area contributed by atoms with E-state index in [0.29, 0.717) is 5.06 Å². The molecule has 1 amide bonds. The van der Waals surface area contributed by atoms with Gasteiger partial charge in [0.05, 0.1) is 6.42 Å². The molecule has 7 nitrogen and oxygen atoms in total. The highest BCUT2D eigenvalue weighted by Crippen LogP contribution is 2.39. The zero-order valence-electron chi connectivity index (χ0n) is 13.6. The summed E-state index contributed by atoms with van der Waals surface area (Å²) in [6.45, 7) is 4.38. The molecule has 0 radical (unpaired) electrons. The Morgan fingerprint density at radius 2 is 2.00 bits per heavy atom. The molecular weight excluding hydrogens is 319 g/mol. The van der Waals surface area contributed by atoms with Gasteiger partial charge in [0.15, 0.2) is 0 Å². The molecule has 0 saturated carbocycles. The number of amides is 1. The first-order valence-corrected chi connectivity index (χ1v) is 9.63. The second kappa shape index (κ2) is 8.57. The molecule has 0 heterocycles. The Morgan fingerprint density at radius 3 is 2.57 bits per heavy atom. The van der Waals surface area contributed by atoms with Crippen LogP contribution >= 0.6 is 7.37 Å². The van der Waals surface area contributed by atoms with Crippen molar-refractivity contribution in [3.8, 4) is 0 Å². The summed E-state index contributed by atoms with van der Waals surface area (Å²) in [6, 6.07) is 7.55. The first-order valence-electron chi connectivity index (χ1n) is 7.45. The smallest absolute Gasteiger partial charge is 0.251 e. The van der Waals surface area contributed by atoms with Crippen molar-refractivity contribution < 1.29 is 24.6 Å². The third kappa shape index (κ3) is 6.41. The van der Waals surface area contributed by atoms with Crippen molar-refractivity contribution in [2.24, 2.45) is 0 Å². The van der Waals surface area contributed by atoms with E-state index >= 15 is 0 Å². The highest BCUT2D eigenvalue weighted by atomic mass is 31.2. The van der Waals surface area contributed by atoms with E-state index in [0.717, 1.165) is 24.2 Å². The van der Waals surface area contributed by atoms with Gasteiger partial charge in [-0.2, -0.15) is 0 Å². The standard InChI is InChI=1S/C15H25N2O5P/c1-4-12-6-5-7-13(8-12)9-14(18)17(20)11(2)16-10-15(19)23(3,21)22/h5-8,11,15-16,19-20H,4,9-10H2,1-3H3,(H,21,22). The molecule has 0 aliphatic heterocycles. The molecule has 0 saturated heterocycles. The topological polar surface area (TPSA) is 110 Å². The maximum atomic E-state index is 12.1. The van der Waals surface area contributed by atoms with Crippen LogP contribution in [0, 0.1) is 0 Å². The third-order valence-corrected chi connectivity index (χ3v) is 4.81. The lowest BCUT2D eigenvalue weighted by atomic mass is 10.1. The van der Waals surface area contributed by atoms with Gasteiger partial charge >= 0.3 is 0 Å². The van der Waals surface area contributed by atoms with E-state index in [1.54, 1.807) is 0 Å². The number of nitrogens with zero attached hydrogens (tertiary/aromatic N) is 1. The lowest BCUT2D eigenvalue weighted by Crippen LogP contribution is -2.47. The summed E-state index contributed by atoms with van der Waals surface area (Å²) in [6.07, 6.45) is 0.113. The number of aliphatic hydroxyl groups excluding tert-OH is 1. The van der Waals surface area contributed by atoms with Gasteiger partial charge in [-0.15, -0.1) is 0 Å². The summed E-state index contributed by atoms with van der Waals surface area (Å²) < 4.78 is 11.3. The van der Waals surface area contributed by atoms with Crippen LogP contribution in [0.5, 0.6) is 0 Å². The number of carbonyl (C=O) groups is 1. The highest BCUT2D eigenvalue weighted by Gasteiger charge is 2.25. The van der Waals surface area contributed by atoms with Crippen molar-refractivity contribution in [1.82, 2.24) is 10.4 Å². The van der Waals surface area contributed by atoms with Crippen LogP contribution in [-0.4, -0.2) is 51.4 Å². The van der Waals surface area contributed by atoms with Crippen LogP contribution < -0.4 is 5.32 Å². The number of hydroxylamine groups is 2. The van der Waals surface area contributed by atoms with E-state index in [1.165, 1.54) is 6.92 Å². The van der Waals surface area contributed by atoms with Gasteiger partial charge in [-0.3, -0.25) is 19.9 Å². The van der Waals surface area contributed by atoms with Gasteiger partial charge in [0.2, 0.25) is 7.37 Å². The Morgan fingerprint density at radius 1 is 1.39 bits per heavy atom. The molecule has 0 aliphatic carbocycles. The molecule has 0 aliphatic rings. The summed E-state index contributed by atoms with van der Waals surface area (Å²) in [7, 11) is -3.62. The fraction of sp³-hybridized carbons (Fsp3) is 0.533. The molecule has 3 atom stereocenters. The van der Waals surface area contributed by atoms with E-state index in [-0.39, 0.29) is 13.0 Å². The van der Waals surface area contributed by atoms with Gasteiger partial charge in [0, 0.05) is 13.2 Å². The third-order valence-electron chi connectivity index (χ3n) is 3.53. The van der Waals surface area contributed by atoms with Crippen LogP contribution in [0.2, 0.25) is 0 Å². The van der Waals surface area contributed by atoms with Gasteiger partial charge < -0.3 is 10.00 Å². The molecule has 23 heavy (non-hydrogen) atoms. The van der Waals surface area contributed by atoms with E-state index in [9.17, 15) is 24.6 Å². The minimum Gasteiger partial charge on any atom is -0.382 e. The second-order valence-electron chi connectivity index (χ2n) is 5.60. The minimum absolute atomic E-state index is 0.0468. The average molecular weight is 344 g/mol. The first-order chi connectivity index (χ1) is 10.6. The summed E-state index contributed by atoms with van der Waals surface area (Å²) in [5.41, 5.74) is 1.91. The zero-order valence-corrected chi connectivity index (χ0v) is 14.5. The van der Waals surface area contributed by atoms with Gasteiger partial charge in [0.1, 0.15) is 12.0 Å². The maximum Gasteiger partial charge on any atom is 0.251 e. The molecule has 8 heteroatoms. The van der Waals surface area contributed by atoms with E-state index in [2.05, 4.69) is 5.32 Å². The van der Waals surface area contributed by atoms with E-state index < -0.39 is 25.3 Å². The second-order valence-corrected chi connectivity index (χ2v) is 8.08. The Labute approximate surface area is 136 Å². The molecule has 3 unspecified atom stereocenters. The van der Waals surface area contributed by atoms with Gasteiger partial charge in [-0.05, 0) is 24.5 Å².